The van der Waals surface area contributed by atoms with Crippen LogP contribution in [0.2, 0.25) is 0 Å². The van der Waals surface area contributed by atoms with Gasteiger partial charge in [0, 0.05) is 25.6 Å². The largest absolute Gasteiger partial charge is 0.381 e. The van der Waals surface area contributed by atoms with Gasteiger partial charge < -0.3 is 14.4 Å². The van der Waals surface area contributed by atoms with Crippen molar-refractivity contribution in [3.05, 3.63) is 29.3 Å². The van der Waals surface area contributed by atoms with E-state index in [0.29, 0.717) is 25.6 Å². The number of piperidine rings is 1. The van der Waals surface area contributed by atoms with Gasteiger partial charge in [-0.05, 0) is 31.4 Å². The summed E-state index contributed by atoms with van der Waals surface area (Å²) in [6, 6.07) is 3.93. The molecule has 3 rings (SSSR count). The average molecular weight is 322 g/mol. The number of rotatable bonds is 4. The molecule has 0 bridgehead atoms. The van der Waals surface area contributed by atoms with Gasteiger partial charge in [0.15, 0.2) is 11.6 Å². The molecular formula is C17H20F2N2O2. The predicted molar refractivity (Wildman–Crippen MR) is 81.2 cm³/mol. The molecule has 1 atom stereocenters. The second kappa shape index (κ2) is 7.24. The van der Waals surface area contributed by atoms with Gasteiger partial charge in [0.05, 0.1) is 31.0 Å². The fourth-order valence-corrected chi connectivity index (χ4v) is 3.17. The Balaban J connectivity index is 1.55. The van der Waals surface area contributed by atoms with Crippen LogP contribution in [-0.4, -0.2) is 39.0 Å². The van der Waals surface area contributed by atoms with E-state index in [4.69, 9.17) is 14.7 Å². The van der Waals surface area contributed by atoms with Gasteiger partial charge in [-0.2, -0.15) is 5.26 Å². The Bertz CT molecular complexity index is 566. The van der Waals surface area contributed by atoms with Crippen LogP contribution in [0.15, 0.2) is 12.1 Å². The highest BCUT2D eigenvalue weighted by atomic mass is 19.1. The van der Waals surface area contributed by atoms with Crippen molar-refractivity contribution in [2.75, 3.05) is 37.8 Å². The molecule has 0 aromatic heterocycles. The second-order valence-electron chi connectivity index (χ2n) is 6.15. The molecule has 2 heterocycles. The Morgan fingerprint density at radius 3 is 2.48 bits per heavy atom. The summed E-state index contributed by atoms with van der Waals surface area (Å²) >= 11 is 0. The summed E-state index contributed by atoms with van der Waals surface area (Å²) in [6.07, 6.45) is 2.66. The van der Waals surface area contributed by atoms with E-state index in [9.17, 15) is 8.78 Å². The molecular weight excluding hydrogens is 302 g/mol. The Morgan fingerprint density at radius 2 is 1.91 bits per heavy atom. The van der Waals surface area contributed by atoms with E-state index in [1.807, 2.05) is 0 Å². The number of anilines is 1. The molecule has 0 saturated carbocycles. The van der Waals surface area contributed by atoms with Crippen LogP contribution in [0, 0.1) is 28.9 Å². The molecule has 23 heavy (non-hydrogen) atoms. The third-order valence-corrected chi connectivity index (χ3v) is 4.50. The van der Waals surface area contributed by atoms with Crippen molar-refractivity contribution in [2.24, 2.45) is 5.92 Å². The zero-order valence-electron chi connectivity index (χ0n) is 12.9. The number of nitriles is 1. The highest BCUT2D eigenvalue weighted by molar-refractivity contribution is 5.52. The topological polar surface area (TPSA) is 45.5 Å². The first-order valence-corrected chi connectivity index (χ1v) is 8.01. The minimum absolute atomic E-state index is 0.000696. The van der Waals surface area contributed by atoms with Crippen molar-refractivity contribution in [1.29, 1.82) is 5.26 Å². The lowest BCUT2D eigenvalue weighted by Crippen LogP contribution is -2.38. The standard InChI is InChI=1S/C17H20F2N2O2/c18-15-7-13(9-20)8-16(19)17(15)21-4-1-14(2-5-21)23-11-12-3-6-22-10-12/h7-8,12,14H,1-6,10-11H2. The smallest absolute Gasteiger partial charge is 0.150 e. The number of benzene rings is 1. The summed E-state index contributed by atoms with van der Waals surface area (Å²) in [5, 5.41) is 8.75. The van der Waals surface area contributed by atoms with Crippen LogP contribution in [0.4, 0.5) is 14.5 Å². The maximum Gasteiger partial charge on any atom is 0.150 e. The highest BCUT2D eigenvalue weighted by Gasteiger charge is 2.26. The van der Waals surface area contributed by atoms with Gasteiger partial charge in [0.25, 0.3) is 0 Å². The maximum atomic E-state index is 14.1. The number of nitrogens with zero attached hydrogens (tertiary/aromatic N) is 2. The van der Waals surface area contributed by atoms with Crippen molar-refractivity contribution >= 4 is 5.69 Å². The van der Waals surface area contributed by atoms with Crippen molar-refractivity contribution in [3.63, 3.8) is 0 Å². The molecule has 6 heteroatoms. The van der Waals surface area contributed by atoms with Gasteiger partial charge in [-0.25, -0.2) is 8.78 Å². The summed E-state index contributed by atoms with van der Waals surface area (Å²) in [7, 11) is 0. The zero-order chi connectivity index (χ0) is 16.2. The molecule has 2 aliphatic rings. The lowest BCUT2D eigenvalue weighted by molar-refractivity contribution is 0.0130. The van der Waals surface area contributed by atoms with Gasteiger partial charge in [0.2, 0.25) is 0 Å². The molecule has 1 aromatic rings. The third kappa shape index (κ3) is 3.80. The van der Waals surface area contributed by atoms with E-state index in [1.165, 1.54) is 0 Å². The van der Waals surface area contributed by atoms with E-state index in [0.717, 1.165) is 44.6 Å². The molecule has 2 aliphatic heterocycles. The van der Waals surface area contributed by atoms with Crippen LogP contribution in [0.5, 0.6) is 0 Å². The lowest BCUT2D eigenvalue weighted by atomic mass is 10.1. The second-order valence-corrected chi connectivity index (χ2v) is 6.15. The molecule has 0 N–H and O–H groups in total. The zero-order valence-corrected chi connectivity index (χ0v) is 12.9. The Labute approximate surface area is 134 Å². The van der Waals surface area contributed by atoms with E-state index in [-0.39, 0.29) is 17.4 Å². The van der Waals surface area contributed by atoms with Gasteiger partial charge >= 0.3 is 0 Å². The molecule has 0 amide bonds. The number of hydrogen-bond donors (Lipinski definition) is 0. The highest BCUT2D eigenvalue weighted by Crippen LogP contribution is 2.28. The molecule has 0 spiro atoms. The summed E-state index contributed by atoms with van der Waals surface area (Å²) in [4.78, 5) is 1.70. The van der Waals surface area contributed by atoms with Crippen LogP contribution in [0.25, 0.3) is 0 Å². The van der Waals surface area contributed by atoms with Crippen LogP contribution in [-0.2, 0) is 9.47 Å². The monoisotopic (exact) mass is 322 g/mol. The average Bonchev–Trinajstić information content (AvgIpc) is 3.07. The summed E-state index contributed by atoms with van der Waals surface area (Å²) in [5.41, 5.74) is -0.0348. The van der Waals surface area contributed by atoms with Crippen LogP contribution >= 0.6 is 0 Å². The quantitative estimate of drug-likeness (QED) is 0.855. The lowest BCUT2D eigenvalue weighted by Gasteiger charge is -2.34. The molecule has 2 saturated heterocycles. The van der Waals surface area contributed by atoms with Crippen LogP contribution < -0.4 is 4.90 Å². The summed E-state index contributed by atoms with van der Waals surface area (Å²) in [5.74, 6) is -0.880. The molecule has 124 valence electrons. The normalized spacial score (nSPS) is 22.3. The summed E-state index contributed by atoms with van der Waals surface area (Å²) in [6.45, 7) is 3.37. The fraction of sp³-hybridized carbons (Fsp3) is 0.588. The number of ether oxygens (including phenoxy) is 2. The van der Waals surface area contributed by atoms with Crippen molar-refractivity contribution in [3.8, 4) is 6.07 Å². The van der Waals surface area contributed by atoms with Gasteiger partial charge in [-0.15, -0.1) is 0 Å². The number of halogens is 2. The van der Waals surface area contributed by atoms with Crippen molar-refractivity contribution < 1.29 is 18.3 Å². The van der Waals surface area contributed by atoms with Crippen LogP contribution in [0.3, 0.4) is 0 Å². The van der Waals surface area contributed by atoms with Gasteiger partial charge in [0.1, 0.15) is 5.69 Å². The first kappa shape index (κ1) is 16.2. The van der Waals surface area contributed by atoms with E-state index >= 15 is 0 Å². The maximum absolute atomic E-state index is 14.1. The van der Waals surface area contributed by atoms with E-state index in [2.05, 4.69) is 0 Å². The Hall–Kier alpha value is -1.71. The van der Waals surface area contributed by atoms with Gasteiger partial charge in [-0.1, -0.05) is 0 Å². The van der Waals surface area contributed by atoms with Crippen molar-refractivity contribution in [1.82, 2.24) is 0 Å². The molecule has 2 fully saturated rings. The first-order chi connectivity index (χ1) is 11.2. The molecule has 1 aromatic carbocycles. The number of hydrogen-bond acceptors (Lipinski definition) is 4. The van der Waals surface area contributed by atoms with Crippen molar-refractivity contribution in [2.45, 2.75) is 25.4 Å². The van der Waals surface area contributed by atoms with Gasteiger partial charge in [-0.3, -0.25) is 0 Å². The molecule has 0 radical (unpaired) electrons. The predicted octanol–water partition coefficient (Wildman–Crippen LogP) is 2.86. The van der Waals surface area contributed by atoms with Crippen LogP contribution in [0.1, 0.15) is 24.8 Å². The SMILES string of the molecule is N#Cc1cc(F)c(N2CCC(OCC3CCOC3)CC2)c(F)c1. The Kier molecular flexibility index (Phi) is 5.09. The minimum atomic E-state index is -0.677. The third-order valence-electron chi connectivity index (χ3n) is 4.50. The first-order valence-electron chi connectivity index (χ1n) is 8.01. The summed E-state index contributed by atoms with van der Waals surface area (Å²) < 4.78 is 39.3. The molecule has 0 aliphatic carbocycles. The Morgan fingerprint density at radius 1 is 1.22 bits per heavy atom. The fourth-order valence-electron chi connectivity index (χ4n) is 3.17. The van der Waals surface area contributed by atoms with E-state index < -0.39 is 11.6 Å². The molecule has 1 unspecified atom stereocenters. The van der Waals surface area contributed by atoms with E-state index in [1.54, 1.807) is 11.0 Å². The minimum Gasteiger partial charge on any atom is -0.381 e. The molecule has 4 nitrogen and oxygen atoms in total.